The Balaban J connectivity index is 1.79. The highest BCUT2D eigenvalue weighted by molar-refractivity contribution is 5.76. The number of benzene rings is 1. The molecule has 138 valence electrons. The number of hydrogen-bond acceptors (Lipinski definition) is 5. The lowest BCUT2D eigenvalue weighted by Crippen LogP contribution is -2.54. The van der Waals surface area contributed by atoms with Gasteiger partial charge in [-0.15, -0.1) is 5.10 Å². The molecule has 0 saturated heterocycles. The highest BCUT2D eigenvalue weighted by atomic mass is 16.5. The van der Waals surface area contributed by atoms with Crippen LogP contribution in [-0.2, 0) is 11.3 Å². The molecule has 1 amide bonds. The number of aliphatic hydroxyl groups is 1. The monoisotopic (exact) mass is 357 g/mol. The van der Waals surface area contributed by atoms with Gasteiger partial charge in [0.05, 0.1) is 17.8 Å². The van der Waals surface area contributed by atoms with E-state index in [2.05, 4.69) is 10.4 Å². The molecule has 7 nitrogen and oxygen atoms in total. The average Bonchev–Trinajstić information content (AvgIpc) is 2.57. The molecule has 2 N–H and O–H groups in total. The minimum atomic E-state index is -0.716. The molecule has 1 saturated carbocycles. The minimum Gasteiger partial charge on any atom is -0.477 e. The Bertz CT molecular complexity index is 838. The van der Waals surface area contributed by atoms with Crippen LogP contribution in [0.25, 0.3) is 11.1 Å². The number of amides is 1. The topological polar surface area (TPSA) is 93.5 Å². The molecule has 7 heteroatoms. The van der Waals surface area contributed by atoms with Gasteiger partial charge in [-0.05, 0) is 32.3 Å². The number of ether oxygens (including phenoxy) is 1. The molecule has 1 aliphatic carbocycles. The van der Waals surface area contributed by atoms with Crippen molar-refractivity contribution in [3.8, 4) is 17.0 Å². The summed E-state index contributed by atoms with van der Waals surface area (Å²) in [6.45, 7) is 3.78. The molecule has 1 heterocycles. The van der Waals surface area contributed by atoms with Gasteiger partial charge < -0.3 is 15.2 Å². The van der Waals surface area contributed by atoms with E-state index in [1.807, 2.05) is 37.3 Å². The van der Waals surface area contributed by atoms with E-state index in [9.17, 15) is 14.7 Å². The second kappa shape index (κ2) is 7.29. The summed E-state index contributed by atoms with van der Waals surface area (Å²) in [4.78, 5) is 24.6. The molecular formula is C19H23N3O4. The lowest BCUT2D eigenvalue weighted by Gasteiger charge is -2.41. The Morgan fingerprint density at radius 1 is 1.38 bits per heavy atom. The van der Waals surface area contributed by atoms with Gasteiger partial charge in [-0.2, -0.15) is 0 Å². The van der Waals surface area contributed by atoms with Crippen LogP contribution in [0.3, 0.4) is 0 Å². The molecule has 1 aliphatic rings. The summed E-state index contributed by atoms with van der Waals surface area (Å²) < 4.78 is 6.67. The van der Waals surface area contributed by atoms with Crippen LogP contribution in [0.5, 0.6) is 5.88 Å². The molecule has 2 aromatic rings. The molecule has 0 radical (unpaired) electrons. The first-order chi connectivity index (χ1) is 12.4. The number of hydrogen-bond donors (Lipinski definition) is 2. The standard InChI is InChI=1S/C19H23N3O4/c1-3-26-18-15(13-7-5-4-6-8-13)9-17(24)22(21-18)12-16(23)20-14-10-19(2,25)11-14/h4-9,14,25H,3,10-12H2,1-2H3,(H,20,23)/t14-,19+. The minimum absolute atomic E-state index is 0.0665. The van der Waals surface area contributed by atoms with Crippen LogP contribution in [0.1, 0.15) is 26.7 Å². The maximum Gasteiger partial charge on any atom is 0.268 e. The van der Waals surface area contributed by atoms with Crippen molar-refractivity contribution in [2.45, 2.75) is 44.9 Å². The maximum atomic E-state index is 12.4. The molecular weight excluding hydrogens is 334 g/mol. The van der Waals surface area contributed by atoms with Crippen molar-refractivity contribution in [3.63, 3.8) is 0 Å². The van der Waals surface area contributed by atoms with Gasteiger partial charge in [0, 0.05) is 12.1 Å². The first-order valence-corrected chi connectivity index (χ1v) is 8.70. The third-order valence-corrected chi connectivity index (χ3v) is 4.36. The smallest absolute Gasteiger partial charge is 0.268 e. The predicted molar refractivity (Wildman–Crippen MR) is 96.9 cm³/mol. The molecule has 0 atom stereocenters. The zero-order valence-corrected chi connectivity index (χ0v) is 14.9. The van der Waals surface area contributed by atoms with Crippen LogP contribution < -0.4 is 15.6 Å². The summed E-state index contributed by atoms with van der Waals surface area (Å²) in [7, 11) is 0. The van der Waals surface area contributed by atoms with Crippen molar-refractivity contribution in [1.29, 1.82) is 0 Å². The fraction of sp³-hybridized carbons (Fsp3) is 0.421. The molecule has 0 bridgehead atoms. The Labute approximate surface area is 151 Å². The summed E-state index contributed by atoms with van der Waals surface area (Å²) >= 11 is 0. The van der Waals surface area contributed by atoms with Gasteiger partial charge in [-0.1, -0.05) is 30.3 Å². The van der Waals surface area contributed by atoms with Crippen LogP contribution in [-0.4, -0.2) is 39.0 Å². The Hall–Kier alpha value is -2.67. The van der Waals surface area contributed by atoms with Crippen molar-refractivity contribution < 1.29 is 14.6 Å². The van der Waals surface area contributed by atoms with E-state index < -0.39 is 5.60 Å². The molecule has 1 fully saturated rings. The number of rotatable bonds is 6. The molecule has 3 rings (SSSR count). The van der Waals surface area contributed by atoms with Gasteiger partial charge >= 0.3 is 0 Å². The first kappa shape index (κ1) is 18.1. The average molecular weight is 357 g/mol. The van der Waals surface area contributed by atoms with E-state index in [1.165, 1.54) is 6.07 Å². The van der Waals surface area contributed by atoms with E-state index in [0.29, 0.717) is 30.9 Å². The van der Waals surface area contributed by atoms with Crippen molar-refractivity contribution >= 4 is 5.91 Å². The number of carbonyl (C=O) groups is 1. The van der Waals surface area contributed by atoms with Crippen molar-refractivity contribution in [3.05, 3.63) is 46.8 Å². The fourth-order valence-corrected chi connectivity index (χ4v) is 3.17. The van der Waals surface area contributed by atoms with Crippen molar-refractivity contribution in [2.24, 2.45) is 0 Å². The van der Waals surface area contributed by atoms with Gasteiger partial charge in [-0.25, -0.2) is 4.68 Å². The molecule has 1 aromatic carbocycles. The van der Waals surface area contributed by atoms with Gasteiger partial charge in [0.15, 0.2) is 0 Å². The third kappa shape index (κ3) is 4.11. The van der Waals surface area contributed by atoms with E-state index in [1.54, 1.807) is 6.92 Å². The highest BCUT2D eigenvalue weighted by Gasteiger charge is 2.39. The van der Waals surface area contributed by atoms with Gasteiger partial charge in [0.1, 0.15) is 6.54 Å². The first-order valence-electron chi connectivity index (χ1n) is 8.70. The summed E-state index contributed by atoms with van der Waals surface area (Å²) in [5, 5.41) is 16.8. The molecule has 0 aliphatic heterocycles. The third-order valence-electron chi connectivity index (χ3n) is 4.36. The van der Waals surface area contributed by atoms with Gasteiger partial charge in [0.25, 0.3) is 5.56 Å². The molecule has 0 unspecified atom stereocenters. The van der Waals surface area contributed by atoms with Crippen LogP contribution >= 0.6 is 0 Å². The van der Waals surface area contributed by atoms with E-state index in [-0.39, 0.29) is 24.1 Å². The van der Waals surface area contributed by atoms with Crippen LogP contribution in [0.4, 0.5) is 0 Å². The number of nitrogens with one attached hydrogen (secondary N) is 1. The van der Waals surface area contributed by atoms with E-state index >= 15 is 0 Å². The quantitative estimate of drug-likeness (QED) is 0.814. The lowest BCUT2D eigenvalue weighted by atomic mass is 9.77. The zero-order chi connectivity index (χ0) is 18.7. The van der Waals surface area contributed by atoms with Gasteiger partial charge in [-0.3, -0.25) is 9.59 Å². The molecule has 0 spiro atoms. The number of carbonyl (C=O) groups excluding carboxylic acids is 1. The highest BCUT2D eigenvalue weighted by Crippen LogP contribution is 2.31. The Morgan fingerprint density at radius 3 is 2.69 bits per heavy atom. The van der Waals surface area contributed by atoms with Crippen LogP contribution in [0.15, 0.2) is 41.2 Å². The number of nitrogens with zero attached hydrogens (tertiary/aromatic N) is 2. The van der Waals surface area contributed by atoms with Crippen molar-refractivity contribution in [2.75, 3.05) is 6.61 Å². The summed E-state index contributed by atoms with van der Waals surface area (Å²) in [5.74, 6) is 0.00712. The lowest BCUT2D eigenvalue weighted by molar-refractivity contribution is -0.125. The second-order valence-electron chi connectivity index (χ2n) is 6.83. The number of aromatic nitrogens is 2. The Kier molecular flexibility index (Phi) is 5.08. The maximum absolute atomic E-state index is 12.4. The Morgan fingerprint density at radius 2 is 2.08 bits per heavy atom. The van der Waals surface area contributed by atoms with Crippen LogP contribution in [0.2, 0.25) is 0 Å². The largest absolute Gasteiger partial charge is 0.477 e. The van der Waals surface area contributed by atoms with Gasteiger partial charge in [0.2, 0.25) is 11.8 Å². The molecule has 1 aromatic heterocycles. The zero-order valence-electron chi connectivity index (χ0n) is 14.9. The SMILES string of the molecule is CCOc1nn(CC(=O)N[C@H]2C[C@@](C)(O)C2)c(=O)cc1-c1ccccc1. The molecule has 26 heavy (non-hydrogen) atoms. The summed E-state index contributed by atoms with van der Waals surface area (Å²) in [6.07, 6.45) is 1.02. The fourth-order valence-electron chi connectivity index (χ4n) is 3.17. The van der Waals surface area contributed by atoms with Crippen LogP contribution in [0, 0.1) is 0 Å². The summed E-state index contributed by atoms with van der Waals surface area (Å²) in [6, 6.07) is 10.8. The summed E-state index contributed by atoms with van der Waals surface area (Å²) in [5.41, 5.74) is 0.341. The van der Waals surface area contributed by atoms with E-state index in [0.717, 1.165) is 10.2 Å². The second-order valence-corrected chi connectivity index (χ2v) is 6.83. The predicted octanol–water partition coefficient (Wildman–Crippen LogP) is 1.34. The normalized spacial score (nSPS) is 21.7. The van der Waals surface area contributed by atoms with E-state index in [4.69, 9.17) is 4.74 Å². The van der Waals surface area contributed by atoms with Crippen molar-refractivity contribution in [1.82, 2.24) is 15.1 Å².